The second-order valence-corrected chi connectivity index (χ2v) is 5.16. The molecule has 0 fully saturated rings. The van der Waals surface area contributed by atoms with Crippen molar-refractivity contribution in [3.8, 4) is 11.5 Å². The molecule has 1 atom stereocenters. The van der Waals surface area contributed by atoms with E-state index in [1.165, 1.54) is 5.56 Å². The Balaban J connectivity index is 1.92. The van der Waals surface area contributed by atoms with Crippen molar-refractivity contribution in [1.29, 1.82) is 0 Å². The fourth-order valence-electron chi connectivity index (χ4n) is 2.65. The number of hydrogen-bond donors (Lipinski definition) is 1. The van der Waals surface area contributed by atoms with Crippen LogP contribution in [0.2, 0.25) is 0 Å². The molecule has 5 nitrogen and oxygen atoms in total. The lowest BCUT2D eigenvalue weighted by Gasteiger charge is -2.14. The van der Waals surface area contributed by atoms with Gasteiger partial charge in [-0.2, -0.15) is 0 Å². The Bertz CT molecular complexity index is 501. The highest BCUT2D eigenvalue weighted by atomic mass is 16.5. The molecule has 0 amide bonds. The molecule has 0 aromatic heterocycles. The van der Waals surface area contributed by atoms with E-state index in [4.69, 9.17) is 19.9 Å². The van der Waals surface area contributed by atoms with Crippen LogP contribution in [0.5, 0.6) is 11.5 Å². The zero-order valence-corrected chi connectivity index (χ0v) is 12.7. The van der Waals surface area contributed by atoms with E-state index in [1.54, 1.807) is 14.0 Å². The van der Waals surface area contributed by atoms with Gasteiger partial charge in [-0.15, -0.1) is 0 Å². The minimum Gasteiger partial charge on any atom is -0.493 e. The van der Waals surface area contributed by atoms with E-state index in [2.05, 4.69) is 0 Å². The van der Waals surface area contributed by atoms with Crippen molar-refractivity contribution >= 4 is 5.97 Å². The van der Waals surface area contributed by atoms with Crippen LogP contribution in [-0.4, -0.2) is 32.3 Å². The van der Waals surface area contributed by atoms with E-state index in [1.807, 2.05) is 12.1 Å². The van der Waals surface area contributed by atoms with Gasteiger partial charge in [0.15, 0.2) is 11.5 Å². The van der Waals surface area contributed by atoms with Crippen LogP contribution < -0.4 is 15.2 Å². The molecule has 0 radical (unpaired) electrons. The van der Waals surface area contributed by atoms with Gasteiger partial charge in [0.25, 0.3) is 0 Å². The molecule has 0 saturated carbocycles. The minimum atomic E-state index is -0.187. The average Bonchev–Trinajstić information content (AvgIpc) is 2.83. The molecule has 1 aliphatic rings. The zero-order valence-electron chi connectivity index (χ0n) is 12.7. The molecule has 2 rings (SSSR count). The van der Waals surface area contributed by atoms with Crippen LogP contribution in [-0.2, 0) is 22.4 Å². The molecule has 1 aromatic rings. The van der Waals surface area contributed by atoms with Gasteiger partial charge in [0.1, 0.15) is 0 Å². The first kappa shape index (κ1) is 15.6. The fourth-order valence-corrected chi connectivity index (χ4v) is 2.65. The predicted octanol–water partition coefficient (Wildman–Crippen LogP) is 1.84. The van der Waals surface area contributed by atoms with Gasteiger partial charge in [-0.1, -0.05) is 6.07 Å². The summed E-state index contributed by atoms with van der Waals surface area (Å²) in [5.74, 6) is 1.30. The largest absolute Gasteiger partial charge is 0.493 e. The van der Waals surface area contributed by atoms with E-state index < -0.39 is 0 Å². The van der Waals surface area contributed by atoms with Gasteiger partial charge in [-0.05, 0) is 37.8 Å². The average molecular weight is 293 g/mol. The molecule has 1 unspecified atom stereocenters. The molecule has 1 aromatic carbocycles. The number of nitrogens with two attached hydrogens (primary N) is 1. The lowest BCUT2D eigenvalue weighted by molar-refractivity contribution is -0.143. The van der Waals surface area contributed by atoms with Crippen LogP contribution in [0.1, 0.15) is 30.9 Å². The molecule has 21 heavy (non-hydrogen) atoms. The van der Waals surface area contributed by atoms with Crippen molar-refractivity contribution in [3.05, 3.63) is 23.3 Å². The van der Waals surface area contributed by atoms with Gasteiger partial charge in [0.05, 0.1) is 20.3 Å². The van der Waals surface area contributed by atoms with Crippen LogP contribution >= 0.6 is 0 Å². The summed E-state index contributed by atoms with van der Waals surface area (Å²) in [5.41, 5.74) is 8.38. The summed E-state index contributed by atoms with van der Waals surface area (Å²) < 4.78 is 16.1. The fraction of sp³-hybridized carbons (Fsp3) is 0.562. The van der Waals surface area contributed by atoms with Crippen LogP contribution in [0.25, 0.3) is 0 Å². The Morgan fingerprint density at radius 3 is 2.90 bits per heavy atom. The van der Waals surface area contributed by atoms with Gasteiger partial charge in [-0.25, -0.2) is 0 Å². The Kier molecular flexibility index (Phi) is 5.44. The molecule has 1 aliphatic carbocycles. The minimum absolute atomic E-state index is 0.160. The number of carbonyl (C=O) groups is 1. The molecule has 5 heteroatoms. The monoisotopic (exact) mass is 293 g/mol. The lowest BCUT2D eigenvalue weighted by atomic mass is 10.1. The summed E-state index contributed by atoms with van der Waals surface area (Å²) in [7, 11) is 1.64. The van der Waals surface area contributed by atoms with Crippen molar-refractivity contribution in [3.63, 3.8) is 0 Å². The van der Waals surface area contributed by atoms with Gasteiger partial charge in [0, 0.05) is 18.0 Å². The summed E-state index contributed by atoms with van der Waals surface area (Å²) in [6.07, 6.45) is 2.69. The third-order valence-corrected chi connectivity index (χ3v) is 3.56. The highest BCUT2D eigenvalue weighted by Gasteiger charge is 2.24. The molecule has 0 bridgehead atoms. The van der Waals surface area contributed by atoms with Crippen LogP contribution in [0.15, 0.2) is 12.1 Å². The molecular formula is C16H23NO4. The topological polar surface area (TPSA) is 70.8 Å². The van der Waals surface area contributed by atoms with Crippen molar-refractivity contribution in [1.82, 2.24) is 0 Å². The normalized spacial score (nSPS) is 16.4. The molecule has 0 spiro atoms. The van der Waals surface area contributed by atoms with Crippen molar-refractivity contribution in [2.75, 3.05) is 20.3 Å². The SMILES string of the molecule is CCOC(=O)CCCOc1ccc2c(c1OC)CC(N)C2. The Labute approximate surface area is 125 Å². The second kappa shape index (κ2) is 7.31. The van der Waals surface area contributed by atoms with E-state index in [0.29, 0.717) is 31.8 Å². The number of esters is 1. The van der Waals surface area contributed by atoms with Crippen molar-refractivity contribution < 1.29 is 19.0 Å². The van der Waals surface area contributed by atoms with E-state index >= 15 is 0 Å². The number of hydrogen-bond acceptors (Lipinski definition) is 5. The summed E-state index contributed by atoms with van der Waals surface area (Å²) in [6, 6.07) is 4.12. The quantitative estimate of drug-likeness (QED) is 0.613. The lowest BCUT2D eigenvalue weighted by Crippen LogP contribution is -2.19. The molecule has 0 saturated heterocycles. The van der Waals surface area contributed by atoms with Crippen molar-refractivity contribution in [2.24, 2.45) is 5.73 Å². The Hall–Kier alpha value is -1.75. The van der Waals surface area contributed by atoms with Crippen LogP contribution in [0, 0.1) is 0 Å². The number of ether oxygens (including phenoxy) is 3. The van der Waals surface area contributed by atoms with Crippen LogP contribution in [0.4, 0.5) is 0 Å². The first-order valence-electron chi connectivity index (χ1n) is 7.38. The molecule has 0 heterocycles. The van der Waals surface area contributed by atoms with Gasteiger partial charge in [0.2, 0.25) is 0 Å². The third kappa shape index (κ3) is 3.88. The molecule has 0 aliphatic heterocycles. The zero-order chi connectivity index (χ0) is 15.2. The Morgan fingerprint density at radius 1 is 1.38 bits per heavy atom. The standard InChI is InChI=1S/C16H23NO4/c1-3-20-15(18)5-4-8-21-14-7-6-11-9-12(17)10-13(11)16(14)19-2/h6-7,12H,3-5,8-10,17H2,1-2H3. The highest BCUT2D eigenvalue weighted by Crippen LogP contribution is 2.38. The second-order valence-electron chi connectivity index (χ2n) is 5.16. The summed E-state index contributed by atoms with van der Waals surface area (Å²) in [4.78, 5) is 11.3. The predicted molar refractivity (Wildman–Crippen MR) is 79.7 cm³/mol. The van der Waals surface area contributed by atoms with E-state index in [0.717, 1.165) is 24.2 Å². The van der Waals surface area contributed by atoms with Gasteiger partial charge < -0.3 is 19.9 Å². The first-order chi connectivity index (χ1) is 10.2. The third-order valence-electron chi connectivity index (χ3n) is 3.56. The van der Waals surface area contributed by atoms with Gasteiger partial charge in [-0.3, -0.25) is 4.79 Å². The summed E-state index contributed by atoms with van der Waals surface area (Å²) >= 11 is 0. The number of fused-ring (bicyclic) bond motifs is 1. The number of benzene rings is 1. The highest BCUT2D eigenvalue weighted by molar-refractivity contribution is 5.69. The van der Waals surface area contributed by atoms with Gasteiger partial charge >= 0.3 is 5.97 Å². The number of rotatable bonds is 7. The van der Waals surface area contributed by atoms with Crippen molar-refractivity contribution in [2.45, 2.75) is 38.6 Å². The maximum absolute atomic E-state index is 11.3. The molecule has 116 valence electrons. The maximum atomic E-state index is 11.3. The number of carbonyl (C=O) groups excluding carboxylic acids is 1. The first-order valence-corrected chi connectivity index (χ1v) is 7.38. The number of methoxy groups -OCH3 is 1. The summed E-state index contributed by atoms with van der Waals surface area (Å²) in [6.45, 7) is 2.67. The van der Waals surface area contributed by atoms with E-state index in [9.17, 15) is 4.79 Å². The molecular weight excluding hydrogens is 270 g/mol. The Morgan fingerprint density at radius 2 is 2.19 bits per heavy atom. The smallest absolute Gasteiger partial charge is 0.305 e. The summed E-state index contributed by atoms with van der Waals surface area (Å²) in [5, 5.41) is 0. The van der Waals surface area contributed by atoms with E-state index in [-0.39, 0.29) is 12.0 Å². The maximum Gasteiger partial charge on any atom is 0.305 e. The van der Waals surface area contributed by atoms with Crippen LogP contribution in [0.3, 0.4) is 0 Å². The molecule has 2 N–H and O–H groups in total.